The number of alkyl halides is 3. The zero-order chi connectivity index (χ0) is 30.2. The van der Waals surface area contributed by atoms with E-state index in [1.54, 1.807) is 0 Å². The molecule has 3 N–H and O–H groups in total. The third-order valence-corrected chi connectivity index (χ3v) is 4.46. The summed E-state index contributed by atoms with van der Waals surface area (Å²) in [5.74, 6) is -2.59. The smallest absolute Gasteiger partial charge is 0.434 e. The molecule has 2 aliphatic heterocycles. The predicted molar refractivity (Wildman–Crippen MR) is 105 cm³/mol. The predicted octanol–water partition coefficient (Wildman–Crippen LogP) is 1.08. The molecule has 2 fully saturated rings. The minimum Gasteiger partial charge on any atom is -0.444 e. The Kier molecular flexibility index (Phi) is 3.65. The summed E-state index contributed by atoms with van der Waals surface area (Å²) in [6, 6.07) is -0.367. The first-order chi connectivity index (χ1) is 18.2. The lowest BCUT2D eigenvalue weighted by molar-refractivity contribution is -0.140. The third-order valence-electron chi connectivity index (χ3n) is 4.46. The number of nitrogens with zero attached hydrogens (tertiary/aromatic N) is 6. The van der Waals surface area contributed by atoms with Crippen LogP contribution < -0.4 is 15.5 Å². The van der Waals surface area contributed by atoms with Crippen LogP contribution in [0, 0.1) is 0 Å². The van der Waals surface area contributed by atoms with Crippen molar-refractivity contribution in [3.8, 4) is 11.3 Å². The van der Waals surface area contributed by atoms with Gasteiger partial charge in [0.1, 0.15) is 18.0 Å². The Labute approximate surface area is 191 Å². The Hall–Kier alpha value is -3.26. The third kappa shape index (κ3) is 4.10. The molecule has 1 amide bonds. The van der Waals surface area contributed by atoms with Crippen LogP contribution in [0.2, 0.25) is 0 Å². The van der Waals surface area contributed by atoms with Crippen LogP contribution in [-0.2, 0) is 15.7 Å². The lowest BCUT2D eigenvalue weighted by Crippen LogP contribution is -2.40. The summed E-state index contributed by atoms with van der Waals surface area (Å²) in [6.45, 7) is -13.6. The number of halogens is 3. The minimum absolute atomic E-state index is 0.180. The lowest BCUT2D eigenvalue weighted by Gasteiger charge is -2.28. The number of amides is 1. The second-order valence-electron chi connectivity index (χ2n) is 6.47. The zero-order valence-corrected chi connectivity index (χ0v) is 16.1. The first-order valence-corrected chi connectivity index (χ1v) is 8.86. The fourth-order valence-corrected chi connectivity index (χ4v) is 3.01. The molecule has 0 saturated carbocycles. The van der Waals surface area contributed by atoms with Crippen LogP contribution >= 0.6 is 0 Å². The number of morpholine rings is 1. The summed E-state index contributed by atoms with van der Waals surface area (Å²) in [5.41, 5.74) is 2.05. The number of nitrogen functional groups attached to an aromatic ring is 1. The van der Waals surface area contributed by atoms with Gasteiger partial charge in [-0.15, -0.1) is 0 Å². The van der Waals surface area contributed by atoms with Crippen LogP contribution in [0.15, 0.2) is 12.3 Å². The van der Waals surface area contributed by atoms with Gasteiger partial charge in [0.25, 0.3) is 0 Å². The number of nitrogens with two attached hydrogens (primary N) is 1. The molecular weight excluding hydrogens is 435 g/mol. The molecule has 4 rings (SSSR count). The molecule has 0 radical (unpaired) electrons. The number of aliphatic hydroxyl groups excluding tert-OH is 1. The molecular formula is C18H20F3N7O4. The standard InChI is InChI=1S/C18H20F3N7O4/c1-9-12(8-29)28(17(30)32-9)13-6-11(24-16(25-13)27-2-4-31-5-3-27)10-7-23-15(22)26-14(10)18(19,20)21/h6-7,9,12,29H,2-5,8H2,1H3,(H2,22,23,26)/t9-,12+/m1/s1/i2D2,3D2,4D2,5D2. The van der Waals surface area contributed by atoms with Crippen molar-refractivity contribution in [2.24, 2.45) is 0 Å². The summed E-state index contributed by atoms with van der Waals surface area (Å²) in [4.78, 5) is 27.5. The lowest BCUT2D eigenvalue weighted by atomic mass is 10.1. The molecule has 4 heterocycles. The van der Waals surface area contributed by atoms with Crippen molar-refractivity contribution in [1.82, 2.24) is 19.9 Å². The topological polar surface area (TPSA) is 140 Å². The molecule has 0 spiro atoms. The molecule has 11 nitrogen and oxygen atoms in total. The summed E-state index contributed by atoms with van der Waals surface area (Å²) < 4.78 is 116. The number of anilines is 3. The number of ether oxygens (including phenoxy) is 2. The van der Waals surface area contributed by atoms with Crippen molar-refractivity contribution in [1.29, 1.82) is 0 Å². The van der Waals surface area contributed by atoms with Crippen molar-refractivity contribution < 1.29 is 43.5 Å². The van der Waals surface area contributed by atoms with Crippen LogP contribution in [-0.4, -0.2) is 76.0 Å². The molecule has 14 heteroatoms. The van der Waals surface area contributed by atoms with Gasteiger partial charge in [-0.1, -0.05) is 0 Å². The van der Waals surface area contributed by atoms with Crippen molar-refractivity contribution in [3.05, 3.63) is 18.0 Å². The number of cyclic esters (lactones) is 1. The van der Waals surface area contributed by atoms with Crippen LogP contribution in [0.3, 0.4) is 0 Å². The number of aliphatic hydroxyl groups is 1. The van der Waals surface area contributed by atoms with E-state index in [2.05, 4.69) is 24.7 Å². The summed E-state index contributed by atoms with van der Waals surface area (Å²) in [7, 11) is 0. The number of rotatable bonds is 4. The van der Waals surface area contributed by atoms with E-state index >= 15 is 0 Å². The average molecular weight is 463 g/mol. The summed E-state index contributed by atoms with van der Waals surface area (Å²) in [5, 5.41) is 9.83. The molecule has 2 aliphatic rings. The molecule has 2 saturated heterocycles. The maximum atomic E-state index is 13.9. The van der Waals surface area contributed by atoms with Gasteiger partial charge in [0.15, 0.2) is 5.69 Å². The number of carbonyl (C=O) groups is 1. The highest BCUT2D eigenvalue weighted by molar-refractivity contribution is 5.90. The molecule has 32 heavy (non-hydrogen) atoms. The van der Waals surface area contributed by atoms with E-state index in [0.29, 0.717) is 11.1 Å². The number of hydrogen-bond acceptors (Lipinski definition) is 10. The Morgan fingerprint density at radius 2 is 2.03 bits per heavy atom. The van der Waals surface area contributed by atoms with Crippen molar-refractivity contribution >= 4 is 23.8 Å². The highest BCUT2D eigenvalue weighted by Gasteiger charge is 2.42. The van der Waals surface area contributed by atoms with Crippen molar-refractivity contribution in [2.75, 3.05) is 48.3 Å². The average Bonchev–Trinajstić information content (AvgIpc) is 3.09. The van der Waals surface area contributed by atoms with Gasteiger partial charge in [0.2, 0.25) is 11.9 Å². The quantitative estimate of drug-likeness (QED) is 0.677. The molecule has 0 aliphatic carbocycles. The van der Waals surface area contributed by atoms with Crippen LogP contribution in [0.25, 0.3) is 11.3 Å². The van der Waals surface area contributed by atoms with Gasteiger partial charge in [0, 0.05) is 30.8 Å². The Morgan fingerprint density at radius 1 is 1.31 bits per heavy atom. The molecule has 2 aromatic rings. The SMILES string of the molecule is [2H]C1([2H])OC([2H])([2H])C([2H])([2H])N(c2nc(-c3cnc(N)nc3C(F)(F)F)cc(N3C(=O)O[C@H](C)[C@@H]3CO)n2)C1([2H])[2H]. The second-order valence-corrected chi connectivity index (χ2v) is 6.47. The van der Waals surface area contributed by atoms with E-state index < -0.39 is 91.8 Å². The van der Waals surface area contributed by atoms with Gasteiger partial charge >= 0.3 is 12.3 Å². The van der Waals surface area contributed by atoms with E-state index in [-0.39, 0.29) is 4.90 Å². The number of aromatic nitrogens is 4. The molecule has 0 bridgehead atoms. The van der Waals surface area contributed by atoms with Gasteiger partial charge in [-0.05, 0) is 6.92 Å². The van der Waals surface area contributed by atoms with E-state index in [9.17, 15) is 23.1 Å². The van der Waals surface area contributed by atoms with Crippen molar-refractivity contribution in [2.45, 2.75) is 25.2 Å². The molecule has 172 valence electrons. The van der Waals surface area contributed by atoms with E-state index in [1.165, 1.54) is 6.92 Å². The molecule has 0 unspecified atom stereocenters. The Morgan fingerprint density at radius 3 is 2.69 bits per heavy atom. The first-order valence-electron chi connectivity index (χ1n) is 12.9. The molecule has 2 aromatic heterocycles. The normalized spacial score (nSPS) is 31.7. The van der Waals surface area contributed by atoms with Crippen LogP contribution in [0.4, 0.5) is 35.7 Å². The fraction of sp³-hybridized carbons (Fsp3) is 0.500. The highest BCUT2D eigenvalue weighted by Crippen LogP contribution is 2.37. The monoisotopic (exact) mass is 463 g/mol. The molecule has 0 aromatic carbocycles. The zero-order valence-electron chi connectivity index (χ0n) is 24.1. The van der Waals surface area contributed by atoms with E-state index in [1.807, 2.05) is 0 Å². The van der Waals surface area contributed by atoms with Gasteiger partial charge in [-0.3, -0.25) is 4.90 Å². The molecule has 2 atom stereocenters. The second kappa shape index (κ2) is 8.35. The highest BCUT2D eigenvalue weighted by atomic mass is 19.4. The number of carbonyl (C=O) groups excluding carboxylic acids is 1. The van der Waals surface area contributed by atoms with Crippen molar-refractivity contribution in [3.63, 3.8) is 0 Å². The van der Waals surface area contributed by atoms with Gasteiger partial charge in [0.05, 0.1) is 36.4 Å². The largest absolute Gasteiger partial charge is 0.444 e. The number of hydrogen-bond donors (Lipinski definition) is 2. The Bertz CT molecular complexity index is 1330. The van der Waals surface area contributed by atoms with Crippen LogP contribution in [0.1, 0.15) is 23.6 Å². The Balaban J connectivity index is 2.07. The van der Waals surface area contributed by atoms with Gasteiger partial charge in [-0.2, -0.15) is 18.2 Å². The summed E-state index contributed by atoms with van der Waals surface area (Å²) in [6.07, 6.45) is -6.64. The maximum absolute atomic E-state index is 13.9. The summed E-state index contributed by atoms with van der Waals surface area (Å²) >= 11 is 0. The van der Waals surface area contributed by atoms with Gasteiger partial charge in [-0.25, -0.2) is 19.7 Å². The minimum atomic E-state index is -5.15. The fourth-order valence-electron chi connectivity index (χ4n) is 3.01. The van der Waals surface area contributed by atoms with Crippen LogP contribution in [0.5, 0.6) is 0 Å². The van der Waals surface area contributed by atoms with E-state index in [0.717, 1.165) is 6.07 Å². The van der Waals surface area contributed by atoms with Gasteiger partial charge < -0.3 is 25.2 Å². The first kappa shape index (κ1) is 14.0. The van der Waals surface area contributed by atoms with E-state index in [4.69, 9.17) is 21.4 Å². The maximum Gasteiger partial charge on any atom is 0.434 e.